The van der Waals surface area contributed by atoms with E-state index in [2.05, 4.69) is 16.8 Å². The molecule has 1 aromatic heterocycles. The van der Waals surface area contributed by atoms with Gasteiger partial charge in [-0.15, -0.1) is 0 Å². The zero-order valence-electron chi connectivity index (χ0n) is 10.1. The number of aromatic nitrogens is 1. The molecule has 1 N–H and O–H groups in total. The van der Waals surface area contributed by atoms with E-state index < -0.39 is 5.97 Å². The number of carboxylic acid groups (broad SMARTS) is 1. The van der Waals surface area contributed by atoms with E-state index in [1.54, 1.807) is 6.07 Å². The van der Waals surface area contributed by atoms with Crippen molar-refractivity contribution in [3.05, 3.63) is 23.9 Å². The monoisotopic (exact) mass is 234 g/mol. The van der Waals surface area contributed by atoms with Gasteiger partial charge in [-0.25, -0.2) is 9.78 Å². The highest BCUT2D eigenvalue weighted by molar-refractivity contribution is 5.87. The number of hydrogen-bond acceptors (Lipinski definition) is 3. The summed E-state index contributed by atoms with van der Waals surface area (Å²) >= 11 is 0. The standard InChI is InChI=1S/C13H18N2O2/c1-2-7-15(9-10-3-4-10)12-6-5-11(8-14-12)13(16)17/h5-6,8,10H,2-4,7,9H2,1H3,(H,16,17). The third-order valence-electron chi connectivity index (χ3n) is 2.99. The Balaban J connectivity index is 2.08. The van der Waals surface area contributed by atoms with Crippen molar-refractivity contribution in [2.75, 3.05) is 18.0 Å². The largest absolute Gasteiger partial charge is 0.478 e. The van der Waals surface area contributed by atoms with Crippen molar-refractivity contribution in [2.24, 2.45) is 5.92 Å². The maximum absolute atomic E-state index is 10.7. The first kappa shape index (κ1) is 11.9. The molecule has 17 heavy (non-hydrogen) atoms. The van der Waals surface area contributed by atoms with E-state index >= 15 is 0 Å². The molecule has 0 aliphatic heterocycles. The van der Waals surface area contributed by atoms with Crippen LogP contribution in [0.3, 0.4) is 0 Å². The van der Waals surface area contributed by atoms with Gasteiger partial charge in [0.1, 0.15) is 5.82 Å². The molecule has 0 saturated heterocycles. The summed E-state index contributed by atoms with van der Waals surface area (Å²) in [6.07, 6.45) is 5.14. The summed E-state index contributed by atoms with van der Waals surface area (Å²) in [6.45, 7) is 4.18. The molecule has 1 aliphatic rings. The van der Waals surface area contributed by atoms with Gasteiger partial charge in [-0.1, -0.05) is 6.92 Å². The average molecular weight is 234 g/mol. The molecule has 0 aromatic carbocycles. The molecule has 0 atom stereocenters. The van der Waals surface area contributed by atoms with Gasteiger partial charge >= 0.3 is 5.97 Å². The molecule has 92 valence electrons. The van der Waals surface area contributed by atoms with Crippen molar-refractivity contribution >= 4 is 11.8 Å². The zero-order valence-corrected chi connectivity index (χ0v) is 10.1. The molecule has 1 heterocycles. The fraction of sp³-hybridized carbons (Fsp3) is 0.538. The molecule has 0 amide bonds. The number of aromatic carboxylic acids is 1. The molecule has 1 aliphatic carbocycles. The molecule has 1 fully saturated rings. The highest BCUT2D eigenvalue weighted by Gasteiger charge is 2.24. The summed E-state index contributed by atoms with van der Waals surface area (Å²) in [4.78, 5) is 17.2. The molecule has 2 rings (SSSR count). The second-order valence-electron chi connectivity index (χ2n) is 4.60. The van der Waals surface area contributed by atoms with Gasteiger partial charge in [0, 0.05) is 19.3 Å². The number of hydrogen-bond donors (Lipinski definition) is 1. The number of carbonyl (C=O) groups is 1. The van der Waals surface area contributed by atoms with Crippen molar-refractivity contribution in [3.63, 3.8) is 0 Å². The van der Waals surface area contributed by atoms with Crippen LogP contribution in [0.5, 0.6) is 0 Å². The minimum atomic E-state index is -0.923. The number of carboxylic acids is 1. The van der Waals surface area contributed by atoms with Crippen molar-refractivity contribution in [2.45, 2.75) is 26.2 Å². The van der Waals surface area contributed by atoms with Crippen LogP contribution in [0, 0.1) is 5.92 Å². The minimum Gasteiger partial charge on any atom is -0.478 e. The molecule has 0 bridgehead atoms. The second-order valence-corrected chi connectivity index (χ2v) is 4.60. The summed E-state index contributed by atoms with van der Waals surface area (Å²) in [7, 11) is 0. The van der Waals surface area contributed by atoms with Crippen molar-refractivity contribution < 1.29 is 9.90 Å². The smallest absolute Gasteiger partial charge is 0.337 e. The first-order valence-electron chi connectivity index (χ1n) is 6.15. The van der Waals surface area contributed by atoms with E-state index in [1.165, 1.54) is 19.0 Å². The SMILES string of the molecule is CCCN(CC1CC1)c1ccc(C(=O)O)cn1. The molecule has 0 radical (unpaired) electrons. The lowest BCUT2D eigenvalue weighted by Crippen LogP contribution is -2.27. The Hall–Kier alpha value is -1.58. The summed E-state index contributed by atoms with van der Waals surface area (Å²) in [5, 5.41) is 8.82. The Kier molecular flexibility index (Phi) is 3.61. The van der Waals surface area contributed by atoms with E-state index in [1.807, 2.05) is 6.07 Å². The summed E-state index contributed by atoms with van der Waals surface area (Å²) in [5.74, 6) is 0.777. The lowest BCUT2D eigenvalue weighted by Gasteiger charge is -2.23. The van der Waals surface area contributed by atoms with E-state index in [9.17, 15) is 4.79 Å². The van der Waals surface area contributed by atoms with Gasteiger partial charge in [0.15, 0.2) is 0 Å². The van der Waals surface area contributed by atoms with E-state index in [0.29, 0.717) is 0 Å². The van der Waals surface area contributed by atoms with Gasteiger partial charge in [-0.3, -0.25) is 0 Å². The number of rotatable bonds is 6. The Morgan fingerprint density at radius 2 is 2.29 bits per heavy atom. The van der Waals surface area contributed by atoms with Gasteiger partial charge in [-0.05, 0) is 37.3 Å². The summed E-state index contributed by atoms with van der Waals surface area (Å²) in [5.41, 5.74) is 0.247. The number of nitrogens with zero attached hydrogens (tertiary/aromatic N) is 2. The van der Waals surface area contributed by atoms with Crippen LogP contribution >= 0.6 is 0 Å². The highest BCUT2D eigenvalue weighted by Crippen LogP contribution is 2.31. The first-order valence-corrected chi connectivity index (χ1v) is 6.15. The normalized spacial score (nSPS) is 14.6. The maximum atomic E-state index is 10.7. The van der Waals surface area contributed by atoms with Crippen LogP contribution < -0.4 is 4.90 Å². The third kappa shape index (κ3) is 3.19. The molecule has 1 saturated carbocycles. The van der Waals surface area contributed by atoms with Gasteiger partial charge in [0.2, 0.25) is 0 Å². The Bertz CT molecular complexity index is 385. The lowest BCUT2D eigenvalue weighted by atomic mass is 10.2. The molecule has 1 aromatic rings. The van der Waals surface area contributed by atoms with Crippen molar-refractivity contribution in [3.8, 4) is 0 Å². The molecule has 4 heteroatoms. The van der Waals surface area contributed by atoms with E-state index in [-0.39, 0.29) is 5.56 Å². The summed E-state index contributed by atoms with van der Waals surface area (Å²) < 4.78 is 0. The van der Waals surface area contributed by atoms with Crippen LogP contribution in [0.4, 0.5) is 5.82 Å². The topological polar surface area (TPSA) is 53.4 Å². The number of pyridine rings is 1. The molecule has 0 unspecified atom stereocenters. The van der Waals surface area contributed by atoms with Crippen LogP contribution in [0.15, 0.2) is 18.3 Å². The van der Waals surface area contributed by atoms with Crippen LogP contribution in [-0.2, 0) is 0 Å². The Morgan fingerprint density at radius 3 is 2.76 bits per heavy atom. The van der Waals surface area contributed by atoms with Gasteiger partial charge in [0.25, 0.3) is 0 Å². The molecule has 0 spiro atoms. The van der Waals surface area contributed by atoms with Gasteiger partial charge < -0.3 is 10.0 Å². The maximum Gasteiger partial charge on any atom is 0.337 e. The zero-order chi connectivity index (χ0) is 12.3. The Morgan fingerprint density at radius 1 is 1.53 bits per heavy atom. The van der Waals surface area contributed by atoms with E-state index in [4.69, 9.17) is 5.11 Å². The Labute approximate surface area is 101 Å². The predicted octanol–water partition coefficient (Wildman–Crippen LogP) is 2.41. The lowest BCUT2D eigenvalue weighted by molar-refractivity contribution is 0.0696. The fourth-order valence-electron chi connectivity index (χ4n) is 1.88. The molecular weight excluding hydrogens is 216 g/mol. The second kappa shape index (κ2) is 5.17. The molecular formula is C13H18N2O2. The quantitative estimate of drug-likeness (QED) is 0.821. The fourth-order valence-corrected chi connectivity index (χ4v) is 1.88. The van der Waals surface area contributed by atoms with Crippen LogP contribution in [-0.4, -0.2) is 29.1 Å². The highest BCUT2D eigenvalue weighted by atomic mass is 16.4. The van der Waals surface area contributed by atoms with Crippen LogP contribution in [0.1, 0.15) is 36.5 Å². The van der Waals surface area contributed by atoms with Crippen molar-refractivity contribution in [1.29, 1.82) is 0 Å². The van der Waals surface area contributed by atoms with Gasteiger partial charge in [0.05, 0.1) is 5.56 Å². The van der Waals surface area contributed by atoms with Gasteiger partial charge in [-0.2, -0.15) is 0 Å². The average Bonchev–Trinajstić information content (AvgIpc) is 3.13. The van der Waals surface area contributed by atoms with E-state index in [0.717, 1.165) is 31.2 Å². The molecule has 4 nitrogen and oxygen atoms in total. The first-order chi connectivity index (χ1) is 8.20. The third-order valence-corrected chi connectivity index (χ3v) is 2.99. The predicted molar refractivity (Wildman–Crippen MR) is 66.4 cm³/mol. The number of anilines is 1. The minimum absolute atomic E-state index is 0.247. The van der Waals surface area contributed by atoms with Crippen LogP contribution in [0.2, 0.25) is 0 Å². The van der Waals surface area contributed by atoms with Crippen molar-refractivity contribution in [1.82, 2.24) is 4.98 Å². The summed E-state index contributed by atoms with van der Waals surface area (Å²) in [6, 6.07) is 3.43. The van der Waals surface area contributed by atoms with Crippen LogP contribution in [0.25, 0.3) is 0 Å².